The second kappa shape index (κ2) is 6.80. The molecule has 1 saturated carbocycles. The lowest BCUT2D eigenvalue weighted by atomic mass is 10.2. The fourth-order valence-corrected chi connectivity index (χ4v) is 3.57. The van der Waals surface area contributed by atoms with Crippen molar-refractivity contribution in [3.05, 3.63) is 76.3 Å². The molecule has 0 aliphatic heterocycles. The Morgan fingerprint density at radius 2 is 2.12 bits per heavy atom. The SMILES string of the molecule is O=C(c1cccs1)N(Cc1nccn1Cc1ccccc1F)C1CC1. The topological polar surface area (TPSA) is 38.1 Å². The number of rotatable bonds is 6. The normalized spacial score (nSPS) is 13.8. The van der Waals surface area contributed by atoms with Crippen molar-refractivity contribution in [1.29, 1.82) is 0 Å². The maximum atomic E-state index is 13.9. The van der Waals surface area contributed by atoms with Crippen molar-refractivity contribution >= 4 is 17.2 Å². The minimum Gasteiger partial charge on any atom is -0.329 e. The summed E-state index contributed by atoms with van der Waals surface area (Å²) in [5.41, 5.74) is 0.615. The van der Waals surface area contributed by atoms with E-state index in [4.69, 9.17) is 0 Å². The number of imidazole rings is 1. The Morgan fingerprint density at radius 3 is 2.84 bits per heavy atom. The van der Waals surface area contributed by atoms with Gasteiger partial charge in [-0.1, -0.05) is 24.3 Å². The second-order valence-corrected chi connectivity index (χ2v) is 7.15. The molecule has 4 rings (SSSR count). The standard InChI is InChI=1S/C19H18FN3OS/c20-16-5-2-1-4-14(16)12-22-10-9-21-18(22)13-23(15-7-8-15)19(24)17-6-3-11-25-17/h1-6,9-11,15H,7-8,12-13H2. The van der Waals surface area contributed by atoms with Crippen LogP contribution in [0.4, 0.5) is 4.39 Å². The highest BCUT2D eigenvalue weighted by molar-refractivity contribution is 7.12. The maximum Gasteiger partial charge on any atom is 0.264 e. The van der Waals surface area contributed by atoms with E-state index in [-0.39, 0.29) is 17.8 Å². The van der Waals surface area contributed by atoms with Crippen molar-refractivity contribution in [2.75, 3.05) is 0 Å². The van der Waals surface area contributed by atoms with Crippen LogP contribution in [0.3, 0.4) is 0 Å². The fourth-order valence-electron chi connectivity index (χ4n) is 2.89. The van der Waals surface area contributed by atoms with E-state index in [0.29, 0.717) is 18.7 Å². The first kappa shape index (κ1) is 16.0. The lowest BCUT2D eigenvalue weighted by Gasteiger charge is -2.22. The summed E-state index contributed by atoms with van der Waals surface area (Å²) in [7, 11) is 0. The zero-order valence-corrected chi connectivity index (χ0v) is 14.5. The highest BCUT2D eigenvalue weighted by atomic mass is 32.1. The number of aromatic nitrogens is 2. The average molecular weight is 355 g/mol. The van der Waals surface area contributed by atoms with E-state index in [9.17, 15) is 9.18 Å². The van der Waals surface area contributed by atoms with E-state index in [2.05, 4.69) is 4.98 Å². The van der Waals surface area contributed by atoms with Gasteiger partial charge in [0.1, 0.15) is 11.6 Å². The van der Waals surface area contributed by atoms with Crippen LogP contribution in [0.25, 0.3) is 0 Å². The van der Waals surface area contributed by atoms with E-state index in [1.165, 1.54) is 17.4 Å². The highest BCUT2D eigenvalue weighted by Gasteiger charge is 2.34. The van der Waals surface area contributed by atoms with Gasteiger partial charge in [0.25, 0.3) is 5.91 Å². The van der Waals surface area contributed by atoms with Crippen LogP contribution in [0.1, 0.15) is 33.9 Å². The molecule has 1 aromatic carbocycles. The second-order valence-electron chi connectivity index (χ2n) is 6.20. The zero-order valence-electron chi connectivity index (χ0n) is 13.6. The molecule has 25 heavy (non-hydrogen) atoms. The molecule has 0 unspecified atom stereocenters. The number of nitrogens with zero attached hydrogens (tertiary/aromatic N) is 3. The van der Waals surface area contributed by atoms with Gasteiger partial charge in [-0.25, -0.2) is 9.37 Å². The summed E-state index contributed by atoms with van der Waals surface area (Å²) in [6.45, 7) is 0.858. The number of carbonyl (C=O) groups is 1. The van der Waals surface area contributed by atoms with E-state index in [1.54, 1.807) is 18.3 Å². The van der Waals surface area contributed by atoms with Gasteiger partial charge in [0, 0.05) is 24.0 Å². The molecule has 0 bridgehead atoms. The molecule has 1 aliphatic carbocycles. The first-order chi connectivity index (χ1) is 12.2. The van der Waals surface area contributed by atoms with Gasteiger partial charge in [-0.2, -0.15) is 0 Å². The van der Waals surface area contributed by atoms with Crippen LogP contribution in [0, 0.1) is 5.82 Å². The summed E-state index contributed by atoms with van der Waals surface area (Å²) in [5.74, 6) is 0.605. The Balaban J connectivity index is 1.55. The largest absolute Gasteiger partial charge is 0.329 e. The summed E-state index contributed by atoms with van der Waals surface area (Å²) in [6.07, 6.45) is 5.61. The number of hydrogen-bond acceptors (Lipinski definition) is 3. The van der Waals surface area contributed by atoms with E-state index in [0.717, 1.165) is 23.5 Å². The number of thiophene rings is 1. The molecule has 4 nitrogen and oxygen atoms in total. The van der Waals surface area contributed by atoms with Gasteiger partial charge in [0.2, 0.25) is 0 Å². The third kappa shape index (κ3) is 3.49. The molecule has 0 saturated heterocycles. The smallest absolute Gasteiger partial charge is 0.264 e. The molecular weight excluding hydrogens is 337 g/mol. The van der Waals surface area contributed by atoms with Gasteiger partial charge < -0.3 is 9.47 Å². The molecule has 0 N–H and O–H groups in total. The molecule has 128 valence electrons. The molecule has 0 spiro atoms. The van der Waals surface area contributed by atoms with Crippen LogP contribution in [-0.4, -0.2) is 26.4 Å². The van der Waals surface area contributed by atoms with Crippen LogP contribution in [0.5, 0.6) is 0 Å². The third-order valence-electron chi connectivity index (χ3n) is 4.39. The molecule has 2 heterocycles. The summed E-state index contributed by atoms with van der Waals surface area (Å²) < 4.78 is 15.8. The minimum absolute atomic E-state index is 0.0536. The average Bonchev–Trinajstić information content (AvgIpc) is 3.13. The van der Waals surface area contributed by atoms with Gasteiger partial charge >= 0.3 is 0 Å². The Hall–Kier alpha value is -2.47. The van der Waals surface area contributed by atoms with Crippen LogP contribution < -0.4 is 0 Å². The molecule has 1 fully saturated rings. The fraction of sp³-hybridized carbons (Fsp3) is 0.263. The Morgan fingerprint density at radius 1 is 1.28 bits per heavy atom. The van der Waals surface area contributed by atoms with Gasteiger partial charge in [0.15, 0.2) is 0 Å². The van der Waals surface area contributed by atoms with Crippen molar-refractivity contribution in [2.24, 2.45) is 0 Å². The van der Waals surface area contributed by atoms with E-state index < -0.39 is 0 Å². The van der Waals surface area contributed by atoms with Crippen molar-refractivity contribution in [2.45, 2.75) is 32.0 Å². The van der Waals surface area contributed by atoms with Gasteiger partial charge in [0.05, 0.1) is 18.0 Å². The number of hydrogen-bond donors (Lipinski definition) is 0. The van der Waals surface area contributed by atoms with Crippen molar-refractivity contribution in [1.82, 2.24) is 14.5 Å². The quantitative estimate of drug-likeness (QED) is 0.672. The number of benzene rings is 1. The van der Waals surface area contributed by atoms with Crippen LogP contribution in [0.2, 0.25) is 0 Å². The Kier molecular flexibility index (Phi) is 4.36. The summed E-state index contributed by atoms with van der Waals surface area (Å²) in [4.78, 5) is 19.8. The minimum atomic E-state index is -0.226. The van der Waals surface area contributed by atoms with Crippen LogP contribution >= 0.6 is 11.3 Å². The molecular formula is C19H18FN3OS. The maximum absolute atomic E-state index is 13.9. The lowest BCUT2D eigenvalue weighted by molar-refractivity contribution is 0.0728. The predicted octanol–water partition coefficient (Wildman–Crippen LogP) is 3.94. The first-order valence-electron chi connectivity index (χ1n) is 8.30. The molecule has 1 amide bonds. The van der Waals surface area contributed by atoms with Crippen LogP contribution in [-0.2, 0) is 13.1 Å². The van der Waals surface area contributed by atoms with Gasteiger partial charge in [-0.15, -0.1) is 11.3 Å². The summed E-state index contributed by atoms with van der Waals surface area (Å²) >= 11 is 1.46. The van der Waals surface area contributed by atoms with Crippen LogP contribution in [0.15, 0.2) is 54.2 Å². The Bertz CT molecular complexity index is 870. The first-order valence-corrected chi connectivity index (χ1v) is 9.18. The molecule has 3 aromatic rings. The van der Waals surface area contributed by atoms with Crippen molar-refractivity contribution < 1.29 is 9.18 Å². The lowest BCUT2D eigenvalue weighted by Crippen LogP contribution is -2.33. The molecule has 0 radical (unpaired) electrons. The summed E-state index contributed by atoms with van der Waals surface area (Å²) in [5, 5.41) is 1.91. The molecule has 1 aliphatic rings. The monoisotopic (exact) mass is 355 g/mol. The van der Waals surface area contributed by atoms with Gasteiger partial charge in [-0.3, -0.25) is 4.79 Å². The van der Waals surface area contributed by atoms with Crippen molar-refractivity contribution in [3.63, 3.8) is 0 Å². The number of carbonyl (C=O) groups excluding carboxylic acids is 1. The number of halogens is 1. The molecule has 6 heteroatoms. The third-order valence-corrected chi connectivity index (χ3v) is 5.25. The molecule has 0 atom stereocenters. The summed E-state index contributed by atoms with van der Waals surface area (Å²) in [6, 6.07) is 10.8. The van der Waals surface area contributed by atoms with Crippen molar-refractivity contribution in [3.8, 4) is 0 Å². The van der Waals surface area contributed by atoms with Gasteiger partial charge in [-0.05, 0) is 30.4 Å². The number of amides is 1. The van der Waals surface area contributed by atoms with E-state index >= 15 is 0 Å². The zero-order chi connectivity index (χ0) is 17.2. The van der Waals surface area contributed by atoms with E-state index in [1.807, 2.05) is 39.2 Å². The Labute approximate surface area is 149 Å². The highest BCUT2D eigenvalue weighted by Crippen LogP contribution is 2.30. The molecule has 2 aromatic heterocycles. The predicted molar refractivity (Wildman–Crippen MR) is 94.9 cm³/mol.